The van der Waals surface area contributed by atoms with E-state index in [4.69, 9.17) is 9.72 Å². The zero-order valence-corrected chi connectivity index (χ0v) is 19.7. The largest absolute Gasteiger partial charge is 0.497 e. The Morgan fingerprint density at radius 1 is 1.12 bits per heavy atom. The van der Waals surface area contributed by atoms with Crippen LogP contribution in [0.5, 0.6) is 5.75 Å². The molecule has 2 heterocycles. The Kier molecular flexibility index (Phi) is 7.55. The normalized spacial score (nSPS) is 17.0. The van der Waals surface area contributed by atoms with Crippen LogP contribution in [0.25, 0.3) is 0 Å². The van der Waals surface area contributed by atoms with Crippen LogP contribution in [0.15, 0.2) is 53.9 Å². The molecule has 5 nitrogen and oxygen atoms in total. The van der Waals surface area contributed by atoms with Gasteiger partial charge in [-0.3, -0.25) is 9.69 Å². The van der Waals surface area contributed by atoms with Gasteiger partial charge >= 0.3 is 0 Å². The number of ether oxygens (including phenoxy) is 1. The summed E-state index contributed by atoms with van der Waals surface area (Å²) >= 11 is 1.57. The molecule has 1 aliphatic rings. The highest BCUT2D eigenvalue weighted by atomic mass is 32.1. The minimum atomic E-state index is -0.0272. The maximum absolute atomic E-state index is 12.4. The summed E-state index contributed by atoms with van der Waals surface area (Å²) in [5.74, 6) is 0.864. The topological polar surface area (TPSA) is 54.5 Å². The molecule has 0 spiro atoms. The molecular formula is C26H31N3O2S. The minimum Gasteiger partial charge on any atom is -0.497 e. The van der Waals surface area contributed by atoms with E-state index in [1.165, 1.54) is 30.4 Å². The summed E-state index contributed by atoms with van der Waals surface area (Å²) < 4.78 is 5.33. The first kappa shape index (κ1) is 22.5. The van der Waals surface area contributed by atoms with E-state index in [0.29, 0.717) is 12.5 Å². The molecule has 1 atom stereocenters. The minimum absolute atomic E-state index is 0.0272. The van der Waals surface area contributed by atoms with Gasteiger partial charge in [-0.1, -0.05) is 42.7 Å². The van der Waals surface area contributed by atoms with Gasteiger partial charge < -0.3 is 10.1 Å². The molecule has 6 heteroatoms. The Labute approximate surface area is 194 Å². The zero-order chi connectivity index (χ0) is 22.3. The molecule has 4 rings (SSSR count). The summed E-state index contributed by atoms with van der Waals surface area (Å²) in [4.78, 5) is 19.8. The average molecular weight is 450 g/mol. The second-order valence-electron chi connectivity index (χ2n) is 8.43. The molecule has 1 amide bonds. The molecule has 0 saturated carbocycles. The van der Waals surface area contributed by atoms with Crippen LogP contribution in [0.2, 0.25) is 0 Å². The van der Waals surface area contributed by atoms with Gasteiger partial charge in [0.05, 0.1) is 19.2 Å². The SMILES string of the molecule is COc1ccc([C@@H]2CCCCCN2Cc2csc(CC(=O)Nc3ccc(C)cc3)n2)cc1. The molecule has 0 bridgehead atoms. The van der Waals surface area contributed by atoms with E-state index in [0.717, 1.165) is 41.6 Å². The number of rotatable bonds is 7. The Bertz CT molecular complexity index is 1010. The first-order valence-electron chi connectivity index (χ1n) is 11.3. The third-order valence-corrected chi connectivity index (χ3v) is 6.87. The lowest BCUT2D eigenvalue weighted by molar-refractivity contribution is -0.115. The van der Waals surface area contributed by atoms with Crippen LogP contribution in [0.3, 0.4) is 0 Å². The molecular weight excluding hydrogens is 418 g/mol. The first-order chi connectivity index (χ1) is 15.6. The van der Waals surface area contributed by atoms with Gasteiger partial charge in [-0.15, -0.1) is 11.3 Å². The van der Waals surface area contributed by atoms with Crippen molar-refractivity contribution in [3.05, 3.63) is 75.7 Å². The lowest BCUT2D eigenvalue weighted by Crippen LogP contribution is -2.28. The number of nitrogens with zero attached hydrogens (tertiary/aromatic N) is 2. The van der Waals surface area contributed by atoms with Crippen LogP contribution in [0, 0.1) is 6.92 Å². The van der Waals surface area contributed by atoms with E-state index >= 15 is 0 Å². The summed E-state index contributed by atoms with van der Waals surface area (Å²) in [7, 11) is 1.70. The second-order valence-corrected chi connectivity index (χ2v) is 9.37. The molecule has 0 aliphatic carbocycles. The summed E-state index contributed by atoms with van der Waals surface area (Å²) in [6.45, 7) is 3.91. The van der Waals surface area contributed by atoms with Crippen molar-refractivity contribution < 1.29 is 9.53 Å². The number of carbonyl (C=O) groups excluding carboxylic acids is 1. The van der Waals surface area contributed by atoms with Gasteiger partial charge in [-0.25, -0.2) is 4.98 Å². The number of amides is 1. The number of aryl methyl sites for hydroxylation is 1. The third kappa shape index (κ3) is 5.96. The van der Waals surface area contributed by atoms with Crippen LogP contribution in [-0.2, 0) is 17.8 Å². The molecule has 1 saturated heterocycles. The molecule has 2 aromatic carbocycles. The fraction of sp³-hybridized carbons (Fsp3) is 0.385. The number of methoxy groups -OCH3 is 1. The predicted molar refractivity (Wildman–Crippen MR) is 130 cm³/mol. The van der Waals surface area contributed by atoms with Crippen molar-refractivity contribution in [3.8, 4) is 5.75 Å². The van der Waals surface area contributed by atoms with E-state index in [1.54, 1.807) is 18.4 Å². The van der Waals surface area contributed by atoms with E-state index in [1.807, 2.05) is 43.3 Å². The molecule has 1 aliphatic heterocycles. The zero-order valence-electron chi connectivity index (χ0n) is 18.8. The van der Waals surface area contributed by atoms with Crippen molar-refractivity contribution in [2.45, 2.75) is 51.6 Å². The Balaban J connectivity index is 1.39. The van der Waals surface area contributed by atoms with Crippen LogP contribution in [-0.4, -0.2) is 29.4 Å². The molecule has 0 unspecified atom stereocenters. The quantitative estimate of drug-likeness (QED) is 0.498. The summed E-state index contributed by atoms with van der Waals surface area (Å²) in [5.41, 5.74) is 4.38. The number of hydrogen-bond donors (Lipinski definition) is 1. The second kappa shape index (κ2) is 10.7. The first-order valence-corrected chi connectivity index (χ1v) is 12.2. The summed E-state index contributed by atoms with van der Waals surface area (Å²) in [5, 5.41) is 5.92. The van der Waals surface area contributed by atoms with Gasteiger partial charge in [0, 0.05) is 23.7 Å². The third-order valence-electron chi connectivity index (χ3n) is 5.98. The van der Waals surface area contributed by atoms with Gasteiger partial charge in [0.25, 0.3) is 0 Å². The number of thiazole rings is 1. The lowest BCUT2D eigenvalue weighted by atomic mass is 10.0. The number of aromatic nitrogens is 1. The van der Waals surface area contributed by atoms with Crippen molar-refractivity contribution >= 4 is 22.9 Å². The van der Waals surface area contributed by atoms with Crippen molar-refractivity contribution in [2.24, 2.45) is 0 Å². The fourth-order valence-electron chi connectivity index (χ4n) is 4.25. The maximum atomic E-state index is 12.4. The van der Waals surface area contributed by atoms with Crippen LogP contribution in [0.1, 0.15) is 53.6 Å². The average Bonchev–Trinajstić information content (AvgIpc) is 3.10. The highest BCUT2D eigenvalue weighted by molar-refractivity contribution is 7.09. The van der Waals surface area contributed by atoms with Crippen LogP contribution in [0.4, 0.5) is 5.69 Å². The van der Waals surface area contributed by atoms with Gasteiger partial charge in [-0.2, -0.15) is 0 Å². The van der Waals surface area contributed by atoms with Gasteiger partial charge in [-0.05, 0) is 56.1 Å². The molecule has 3 aromatic rings. The smallest absolute Gasteiger partial charge is 0.231 e. The number of benzene rings is 2. The van der Waals surface area contributed by atoms with E-state index in [-0.39, 0.29) is 5.91 Å². The number of carbonyl (C=O) groups is 1. The molecule has 1 fully saturated rings. The van der Waals surface area contributed by atoms with Crippen LogP contribution < -0.4 is 10.1 Å². The number of likely N-dealkylation sites (tertiary alicyclic amines) is 1. The number of anilines is 1. The van der Waals surface area contributed by atoms with Crippen molar-refractivity contribution in [1.82, 2.24) is 9.88 Å². The molecule has 168 valence electrons. The standard InChI is InChI=1S/C26H31N3O2S/c1-19-7-11-21(12-8-19)27-25(30)16-26-28-22(18-32-26)17-29-15-5-3-4-6-24(29)20-9-13-23(31-2)14-10-20/h7-14,18,24H,3-6,15-17H2,1-2H3,(H,27,30)/t24-/m0/s1. The van der Waals surface area contributed by atoms with E-state index in [9.17, 15) is 4.79 Å². The molecule has 1 aromatic heterocycles. The Hall–Kier alpha value is -2.70. The van der Waals surface area contributed by atoms with Crippen LogP contribution >= 0.6 is 11.3 Å². The fourth-order valence-corrected chi connectivity index (χ4v) is 5.03. The Morgan fingerprint density at radius 3 is 2.66 bits per heavy atom. The van der Waals surface area contributed by atoms with Crippen molar-refractivity contribution in [3.63, 3.8) is 0 Å². The number of hydrogen-bond acceptors (Lipinski definition) is 5. The highest BCUT2D eigenvalue weighted by Gasteiger charge is 2.23. The number of nitrogens with one attached hydrogen (secondary N) is 1. The monoisotopic (exact) mass is 449 g/mol. The highest BCUT2D eigenvalue weighted by Crippen LogP contribution is 2.32. The van der Waals surface area contributed by atoms with Crippen molar-refractivity contribution in [2.75, 3.05) is 19.0 Å². The van der Waals surface area contributed by atoms with Gasteiger partial charge in [0.2, 0.25) is 5.91 Å². The predicted octanol–water partition coefficient (Wildman–Crippen LogP) is 5.76. The maximum Gasteiger partial charge on any atom is 0.231 e. The molecule has 0 radical (unpaired) electrons. The van der Waals surface area contributed by atoms with Crippen molar-refractivity contribution in [1.29, 1.82) is 0 Å². The lowest BCUT2D eigenvalue weighted by Gasteiger charge is -2.29. The summed E-state index contributed by atoms with van der Waals surface area (Å²) in [6.07, 6.45) is 5.19. The van der Waals surface area contributed by atoms with E-state index in [2.05, 4.69) is 27.7 Å². The van der Waals surface area contributed by atoms with E-state index < -0.39 is 0 Å². The van der Waals surface area contributed by atoms with Gasteiger partial charge in [0.15, 0.2) is 0 Å². The summed E-state index contributed by atoms with van der Waals surface area (Å²) in [6, 6.07) is 16.7. The molecule has 1 N–H and O–H groups in total. The molecule has 32 heavy (non-hydrogen) atoms. The Morgan fingerprint density at radius 2 is 1.91 bits per heavy atom. The van der Waals surface area contributed by atoms with Gasteiger partial charge in [0.1, 0.15) is 10.8 Å².